The predicted molar refractivity (Wildman–Crippen MR) is 139 cm³/mol. The highest BCUT2D eigenvalue weighted by atomic mass is 35.5. The molecule has 2 amide bonds. The van der Waals surface area contributed by atoms with Gasteiger partial charge in [-0.25, -0.2) is 9.97 Å². The normalized spacial score (nSPS) is 19.0. The Kier molecular flexibility index (Phi) is 9.35. The molecular weight excluding hydrogens is 529 g/mol. The number of halogens is 2. The molecule has 36 heavy (non-hydrogen) atoms. The highest BCUT2D eigenvalue weighted by Crippen LogP contribution is 2.25. The van der Waals surface area contributed by atoms with Gasteiger partial charge < -0.3 is 20.7 Å². The van der Waals surface area contributed by atoms with E-state index in [1.165, 1.54) is 30.6 Å². The number of carbonyl (C=O) groups excluding carboxylic acids is 2. The third kappa shape index (κ3) is 6.37. The summed E-state index contributed by atoms with van der Waals surface area (Å²) in [5.41, 5.74) is 0.691. The molecule has 2 aliphatic rings. The van der Waals surface area contributed by atoms with Gasteiger partial charge in [-0.15, -0.1) is 12.4 Å². The summed E-state index contributed by atoms with van der Waals surface area (Å²) in [4.78, 5) is 34.2. The van der Waals surface area contributed by atoms with Crippen LogP contribution in [0.3, 0.4) is 0 Å². The summed E-state index contributed by atoms with van der Waals surface area (Å²) < 4.78 is 30.1. The summed E-state index contributed by atoms with van der Waals surface area (Å²) in [6.45, 7) is 2.94. The van der Waals surface area contributed by atoms with Gasteiger partial charge in [-0.05, 0) is 49.7 Å². The second kappa shape index (κ2) is 12.2. The molecule has 0 radical (unpaired) electrons. The van der Waals surface area contributed by atoms with E-state index in [1.54, 1.807) is 25.1 Å². The standard InChI is InChI=1S/C23H22ClN5O5S.ClH/c1-13-4-6-16(20(21(13)35(32)33)34-15-8-10-25-12-15)22(30)28-17-3-2-9-26-19(17)23(31)29-18-7-5-14(24)11-27-18;/h2-7,9,11,15,20,25H,8,10,12H2,1H3,(H,28,30)(H,27,29,31);1H. The van der Waals surface area contributed by atoms with Crippen molar-refractivity contribution in [3.8, 4) is 0 Å². The second-order valence-electron chi connectivity index (χ2n) is 7.87. The van der Waals surface area contributed by atoms with Crippen LogP contribution in [-0.2, 0) is 19.8 Å². The lowest BCUT2D eigenvalue weighted by Crippen LogP contribution is -2.39. The predicted octanol–water partition coefficient (Wildman–Crippen LogP) is 2.43. The van der Waals surface area contributed by atoms with Crippen LogP contribution in [0.15, 0.2) is 60.0 Å². The van der Waals surface area contributed by atoms with Crippen molar-refractivity contribution in [1.82, 2.24) is 15.3 Å². The Morgan fingerprint density at radius 1 is 1.14 bits per heavy atom. The average Bonchev–Trinajstić information content (AvgIpc) is 3.34. The van der Waals surface area contributed by atoms with Crippen LogP contribution in [0.2, 0.25) is 5.02 Å². The first-order chi connectivity index (χ1) is 16.8. The van der Waals surface area contributed by atoms with Gasteiger partial charge in [0.1, 0.15) is 16.8 Å². The molecule has 1 aliphatic carbocycles. The molecule has 0 aromatic carbocycles. The lowest BCUT2D eigenvalue weighted by atomic mass is 9.95. The van der Waals surface area contributed by atoms with E-state index >= 15 is 0 Å². The number of pyridine rings is 2. The maximum absolute atomic E-state index is 13.3. The highest BCUT2D eigenvalue weighted by Gasteiger charge is 2.34. The van der Waals surface area contributed by atoms with Crippen molar-refractivity contribution in [2.45, 2.75) is 25.6 Å². The lowest BCUT2D eigenvalue weighted by molar-refractivity contribution is -0.114. The molecule has 1 fully saturated rings. The molecule has 2 aromatic heterocycles. The number of nitrogens with zero attached hydrogens (tertiary/aromatic N) is 2. The van der Waals surface area contributed by atoms with Gasteiger partial charge in [0.05, 0.1) is 22.4 Å². The molecule has 2 aromatic rings. The lowest BCUT2D eigenvalue weighted by Gasteiger charge is -2.27. The largest absolute Gasteiger partial charge is 0.363 e. The molecule has 13 heteroatoms. The van der Waals surface area contributed by atoms with E-state index in [1.807, 2.05) is 0 Å². The fourth-order valence-electron chi connectivity index (χ4n) is 3.72. The first-order valence-corrected chi connectivity index (χ1v) is 12.2. The van der Waals surface area contributed by atoms with Gasteiger partial charge in [-0.3, -0.25) is 9.59 Å². The molecule has 1 aliphatic heterocycles. The van der Waals surface area contributed by atoms with Crippen LogP contribution < -0.4 is 16.0 Å². The van der Waals surface area contributed by atoms with Crippen molar-refractivity contribution in [1.29, 1.82) is 0 Å². The average molecular weight is 552 g/mol. The topological polar surface area (TPSA) is 139 Å². The summed E-state index contributed by atoms with van der Waals surface area (Å²) in [5, 5.41) is 8.85. The number of anilines is 2. The third-order valence-corrected chi connectivity index (χ3v) is 6.57. The summed E-state index contributed by atoms with van der Waals surface area (Å²) in [6.07, 6.45) is 5.26. The van der Waals surface area contributed by atoms with Gasteiger partial charge in [-0.2, -0.15) is 8.42 Å². The maximum Gasteiger partial charge on any atom is 0.277 e. The van der Waals surface area contributed by atoms with Gasteiger partial charge in [0.25, 0.3) is 11.8 Å². The van der Waals surface area contributed by atoms with Gasteiger partial charge in [0.15, 0.2) is 5.69 Å². The number of hydrogen-bond donors (Lipinski definition) is 3. The minimum absolute atomic E-state index is 0. The Bertz CT molecular complexity index is 1350. The van der Waals surface area contributed by atoms with E-state index in [4.69, 9.17) is 16.3 Å². The fourth-order valence-corrected chi connectivity index (χ4v) is 4.52. The smallest absolute Gasteiger partial charge is 0.277 e. The van der Waals surface area contributed by atoms with E-state index < -0.39 is 28.2 Å². The summed E-state index contributed by atoms with van der Waals surface area (Å²) >= 11 is 5.83. The molecule has 3 N–H and O–H groups in total. The molecule has 10 nitrogen and oxygen atoms in total. The van der Waals surface area contributed by atoms with E-state index in [0.29, 0.717) is 23.6 Å². The summed E-state index contributed by atoms with van der Waals surface area (Å²) in [7, 11) is -2.59. The number of carbonyl (C=O) groups is 2. The van der Waals surface area contributed by atoms with E-state index in [0.717, 1.165) is 6.54 Å². The van der Waals surface area contributed by atoms with Crippen molar-refractivity contribution in [3.05, 3.63) is 70.7 Å². The zero-order chi connectivity index (χ0) is 24.9. The zero-order valence-electron chi connectivity index (χ0n) is 19.0. The number of amides is 2. The van der Waals surface area contributed by atoms with Gasteiger partial charge >= 0.3 is 0 Å². The third-order valence-electron chi connectivity index (χ3n) is 5.45. The Morgan fingerprint density at radius 3 is 2.61 bits per heavy atom. The van der Waals surface area contributed by atoms with E-state index in [9.17, 15) is 18.0 Å². The van der Waals surface area contributed by atoms with Crippen LogP contribution in [0.1, 0.15) is 23.8 Å². The van der Waals surface area contributed by atoms with Crippen LogP contribution in [0.25, 0.3) is 0 Å². The molecule has 0 bridgehead atoms. The van der Waals surface area contributed by atoms with Crippen LogP contribution in [0.5, 0.6) is 0 Å². The van der Waals surface area contributed by atoms with Crippen LogP contribution in [0.4, 0.5) is 11.5 Å². The SMILES string of the molecule is CC1=CC=C(C(=O)Nc2cccnc2C(=O)Nc2ccc(Cl)cn2)C(OC2CCNC2)C1=S(=O)=O.Cl. The van der Waals surface area contributed by atoms with Crippen molar-refractivity contribution in [2.24, 2.45) is 0 Å². The Hall–Kier alpha value is -3.09. The Labute approximate surface area is 220 Å². The fraction of sp³-hybridized carbons (Fsp3) is 0.261. The maximum atomic E-state index is 13.3. The van der Waals surface area contributed by atoms with Crippen LogP contribution >= 0.6 is 24.0 Å². The van der Waals surface area contributed by atoms with Crippen molar-refractivity contribution in [3.63, 3.8) is 0 Å². The van der Waals surface area contributed by atoms with Crippen molar-refractivity contribution in [2.75, 3.05) is 23.7 Å². The molecule has 190 valence electrons. The number of rotatable bonds is 6. The van der Waals surface area contributed by atoms with Gasteiger partial charge in [-0.1, -0.05) is 23.8 Å². The van der Waals surface area contributed by atoms with Crippen molar-refractivity contribution < 1.29 is 22.7 Å². The number of allylic oxidation sites excluding steroid dienone is 2. The van der Waals surface area contributed by atoms with Crippen LogP contribution in [0, 0.1) is 0 Å². The first kappa shape index (κ1) is 27.5. The molecule has 0 saturated carbocycles. The minimum Gasteiger partial charge on any atom is -0.363 e. The minimum atomic E-state index is -2.59. The van der Waals surface area contributed by atoms with E-state index in [-0.39, 0.29) is 46.1 Å². The monoisotopic (exact) mass is 551 g/mol. The zero-order valence-corrected chi connectivity index (χ0v) is 21.4. The van der Waals surface area contributed by atoms with Gasteiger partial charge in [0, 0.05) is 18.9 Å². The quantitative estimate of drug-likeness (QED) is 0.465. The molecular formula is C23H23Cl2N5O5S. The number of aromatic nitrogens is 2. The highest BCUT2D eigenvalue weighted by molar-refractivity contribution is 7.73. The summed E-state index contributed by atoms with van der Waals surface area (Å²) in [6, 6.07) is 6.19. The number of hydrogen-bond acceptors (Lipinski definition) is 8. The number of ether oxygens (including phenoxy) is 1. The van der Waals surface area contributed by atoms with Crippen LogP contribution in [-0.4, -0.2) is 60.4 Å². The van der Waals surface area contributed by atoms with Crippen molar-refractivity contribution >= 4 is 62.5 Å². The second-order valence-corrected chi connectivity index (χ2v) is 9.22. The molecule has 1 saturated heterocycles. The summed E-state index contributed by atoms with van der Waals surface area (Å²) in [5.74, 6) is -0.949. The molecule has 3 heterocycles. The Balaban J connectivity index is 0.00000361. The first-order valence-electron chi connectivity index (χ1n) is 10.7. The molecule has 4 rings (SSSR count). The Morgan fingerprint density at radius 2 is 1.94 bits per heavy atom. The molecule has 2 unspecified atom stereocenters. The molecule has 2 atom stereocenters. The number of nitrogens with one attached hydrogen (secondary N) is 3. The van der Waals surface area contributed by atoms with Gasteiger partial charge in [0.2, 0.25) is 10.3 Å². The molecule has 0 spiro atoms. The van der Waals surface area contributed by atoms with E-state index in [2.05, 4.69) is 25.9 Å².